The molecule has 0 aliphatic carbocycles. The van der Waals surface area contributed by atoms with Gasteiger partial charge in [0.05, 0.1) is 11.8 Å². The standard InChI is InChI=1S/C18H27N5O.HI/c1-3-19-18(22-11-7-16(24)8-12-22)20-9-6-15-13-23-10-4-5-14(2)17(23)21-15;/h4-5,10,13,16,24H,3,6-9,11-12H2,1-2H3,(H,19,20);1H. The first kappa shape index (κ1) is 20.0. The van der Waals surface area contributed by atoms with Gasteiger partial charge in [-0.2, -0.15) is 0 Å². The molecule has 7 heteroatoms. The van der Waals surface area contributed by atoms with Crippen molar-refractivity contribution in [3.63, 3.8) is 0 Å². The molecule has 0 radical (unpaired) electrons. The summed E-state index contributed by atoms with van der Waals surface area (Å²) in [5.41, 5.74) is 3.28. The number of halogens is 1. The van der Waals surface area contributed by atoms with Crippen LogP contribution in [0.1, 0.15) is 31.0 Å². The topological polar surface area (TPSA) is 65.2 Å². The highest BCUT2D eigenvalue weighted by atomic mass is 127. The maximum absolute atomic E-state index is 9.66. The molecular formula is C18H28IN5O. The summed E-state index contributed by atoms with van der Waals surface area (Å²) in [5.74, 6) is 0.948. The van der Waals surface area contributed by atoms with E-state index in [1.807, 2.05) is 12.3 Å². The van der Waals surface area contributed by atoms with Crippen LogP contribution >= 0.6 is 24.0 Å². The van der Waals surface area contributed by atoms with Crippen molar-refractivity contribution in [3.8, 4) is 0 Å². The van der Waals surface area contributed by atoms with Gasteiger partial charge >= 0.3 is 0 Å². The highest BCUT2D eigenvalue weighted by molar-refractivity contribution is 14.0. The van der Waals surface area contributed by atoms with Crippen molar-refractivity contribution >= 4 is 35.6 Å². The summed E-state index contributed by atoms with van der Waals surface area (Å²) < 4.78 is 2.08. The molecule has 3 heterocycles. The van der Waals surface area contributed by atoms with Crippen LogP contribution in [-0.2, 0) is 6.42 Å². The number of nitrogens with one attached hydrogen (secondary N) is 1. The Kier molecular flexibility index (Phi) is 7.49. The largest absolute Gasteiger partial charge is 0.393 e. The van der Waals surface area contributed by atoms with Crippen molar-refractivity contribution in [1.82, 2.24) is 19.6 Å². The van der Waals surface area contributed by atoms with Gasteiger partial charge in [0.1, 0.15) is 5.65 Å². The Morgan fingerprint density at radius 3 is 2.84 bits per heavy atom. The predicted molar refractivity (Wildman–Crippen MR) is 112 cm³/mol. The number of pyridine rings is 1. The third kappa shape index (κ3) is 5.07. The number of hydrogen-bond donors (Lipinski definition) is 2. The molecular weight excluding hydrogens is 429 g/mol. The number of guanidine groups is 1. The molecule has 0 bridgehead atoms. The minimum atomic E-state index is -0.162. The number of rotatable bonds is 4. The van der Waals surface area contributed by atoms with Crippen molar-refractivity contribution in [2.45, 2.75) is 39.2 Å². The average molecular weight is 457 g/mol. The Balaban J connectivity index is 0.00000225. The molecule has 138 valence electrons. The lowest BCUT2D eigenvalue weighted by Gasteiger charge is -2.32. The van der Waals surface area contributed by atoms with Crippen LogP contribution in [0.25, 0.3) is 5.65 Å². The van der Waals surface area contributed by atoms with E-state index in [2.05, 4.69) is 40.7 Å². The van der Waals surface area contributed by atoms with Gasteiger partial charge in [0, 0.05) is 45.0 Å². The number of aromatic nitrogens is 2. The number of imidazole rings is 1. The summed E-state index contributed by atoms with van der Waals surface area (Å²) in [6.45, 7) is 7.45. The van der Waals surface area contributed by atoms with E-state index >= 15 is 0 Å². The number of hydrogen-bond acceptors (Lipinski definition) is 3. The second kappa shape index (κ2) is 9.38. The highest BCUT2D eigenvalue weighted by Crippen LogP contribution is 2.12. The van der Waals surface area contributed by atoms with Crippen LogP contribution in [0.2, 0.25) is 0 Å². The van der Waals surface area contributed by atoms with Gasteiger partial charge in [-0.05, 0) is 38.3 Å². The van der Waals surface area contributed by atoms with Gasteiger partial charge in [-0.25, -0.2) is 4.98 Å². The lowest BCUT2D eigenvalue weighted by molar-refractivity contribution is 0.108. The van der Waals surface area contributed by atoms with Crippen molar-refractivity contribution in [2.75, 3.05) is 26.2 Å². The quantitative estimate of drug-likeness (QED) is 0.420. The van der Waals surface area contributed by atoms with Crippen molar-refractivity contribution in [2.24, 2.45) is 4.99 Å². The maximum Gasteiger partial charge on any atom is 0.193 e. The number of likely N-dealkylation sites (tertiary alicyclic amines) is 1. The van der Waals surface area contributed by atoms with E-state index in [1.165, 1.54) is 5.56 Å². The van der Waals surface area contributed by atoms with Crippen molar-refractivity contribution < 1.29 is 5.11 Å². The molecule has 0 atom stereocenters. The molecule has 25 heavy (non-hydrogen) atoms. The highest BCUT2D eigenvalue weighted by Gasteiger charge is 2.19. The summed E-state index contributed by atoms with van der Waals surface area (Å²) >= 11 is 0. The third-order valence-electron chi connectivity index (χ3n) is 4.46. The molecule has 0 unspecified atom stereocenters. The molecule has 2 aromatic heterocycles. The van der Waals surface area contributed by atoms with Crippen LogP contribution in [0.4, 0.5) is 0 Å². The molecule has 1 aliphatic rings. The van der Waals surface area contributed by atoms with Crippen LogP contribution in [0, 0.1) is 6.92 Å². The van der Waals surface area contributed by atoms with E-state index in [0.29, 0.717) is 6.54 Å². The van der Waals surface area contributed by atoms with Crippen LogP contribution in [-0.4, -0.2) is 57.6 Å². The summed E-state index contributed by atoms with van der Waals surface area (Å²) in [6, 6.07) is 4.12. The van der Waals surface area contributed by atoms with Crippen molar-refractivity contribution in [3.05, 3.63) is 35.8 Å². The van der Waals surface area contributed by atoms with Crippen LogP contribution in [0.3, 0.4) is 0 Å². The molecule has 0 saturated carbocycles. The Hall–Kier alpha value is -1.35. The Labute approximate surface area is 166 Å². The zero-order valence-corrected chi connectivity index (χ0v) is 17.3. The molecule has 6 nitrogen and oxygen atoms in total. The smallest absolute Gasteiger partial charge is 0.193 e. The lowest BCUT2D eigenvalue weighted by Crippen LogP contribution is -2.46. The van der Waals surface area contributed by atoms with E-state index in [-0.39, 0.29) is 30.1 Å². The molecule has 1 fully saturated rings. The van der Waals surface area contributed by atoms with Gasteiger partial charge in [-0.3, -0.25) is 4.99 Å². The molecule has 3 rings (SSSR count). The molecule has 2 aromatic rings. The molecule has 0 aromatic carbocycles. The van der Waals surface area contributed by atoms with Crippen molar-refractivity contribution in [1.29, 1.82) is 0 Å². The monoisotopic (exact) mass is 457 g/mol. The Bertz CT molecular complexity index is 707. The molecule has 0 spiro atoms. The Morgan fingerprint density at radius 1 is 1.40 bits per heavy atom. The number of piperidine rings is 1. The first-order chi connectivity index (χ1) is 11.7. The predicted octanol–water partition coefficient (Wildman–Crippen LogP) is 2.23. The number of aliphatic imine (C=N–C) groups is 1. The van der Waals surface area contributed by atoms with E-state index in [0.717, 1.165) is 56.2 Å². The van der Waals surface area contributed by atoms with Gasteiger partial charge in [0.2, 0.25) is 0 Å². The van der Waals surface area contributed by atoms with Gasteiger partial charge in [-0.15, -0.1) is 24.0 Å². The second-order valence-corrected chi connectivity index (χ2v) is 6.36. The van der Waals surface area contributed by atoms with E-state index in [4.69, 9.17) is 9.98 Å². The third-order valence-corrected chi connectivity index (χ3v) is 4.46. The first-order valence-corrected chi connectivity index (χ1v) is 8.82. The number of nitrogens with zero attached hydrogens (tertiary/aromatic N) is 4. The molecule has 1 saturated heterocycles. The maximum atomic E-state index is 9.66. The van der Waals surface area contributed by atoms with Gasteiger partial charge in [-0.1, -0.05) is 6.07 Å². The lowest BCUT2D eigenvalue weighted by atomic mass is 10.1. The van der Waals surface area contributed by atoms with E-state index in [1.54, 1.807) is 0 Å². The summed E-state index contributed by atoms with van der Waals surface area (Å²) in [4.78, 5) is 11.7. The summed E-state index contributed by atoms with van der Waals surface area (Å²) in [7, 11) is 0. The Morgan fingerprint density at radius 2 is 2.16 bits per heavy atom. The molecule has 0 amide bonds. The number of aliphatic hydroxyl groups is 1. The van der Waals surface area contributed by atoms with E-state index in [9.17, 15) is 5.11 Å². The molecule has 2 N–H and O–H groups in total. The number of aliphatic hydroxyl groups excluding tert-OH is 1. The molecule has 1 aliphatic heterocycles. The SMILES string of the molecule is CCNC(=NCCc1cn2cccc(C)c2n1)N1CCC(O)CC1.I. The first-order valence-electron chi connectivity index (χ1n) is 8.82. The normalized spacial score (nSPS) is 16.1. The van der Waals surface area contributed by atoms with Gasteiger partial charge < -0.3 is 19.7 Å². The van der Waals surface area contributed by atoms with Gasteiger partial charge in [0.25, 0.3) is 0 Å². The van der Waals surface area contributed by atoms with E-state index < -0.39 is 0 Å². The second-order valence-electron chi connectivity index (χ2n) is 6.36. The van der Waals surface area contributed by atoms with Crippen LogP contribution in [0.5, 0.6) is 0 Å². The fourth-order valence-corrected chi connectivity index (χ4v) is 3.10. The minimum Gasteiger partial charge on any atom is -0.393 e. The fraction of sp³-hybridized carbons (Fsp3) is 0.556. The summed E-state index contributed by atoms with van der Waals surface area (Å²) in [6.07, 6.45) is 6.41. The zero-order chi connectivity index (χ0) is 16.9. The average Bonchev–Trinajstić information content (AvgIpc) is 2.99. The van der Waals surface area contributed by atoms with Crippen LogP contribution < -0.4 is 5.32 Å². The van der Waals surface area contributed by atoms with Gasteiger partial charge in [0.15, 0.2) is 5.96 Å². The zero-order valence-electron chi connectivity index (χ0n) is 15.0. The van der Waals surface area contributed by atoms with Crippen LogP contribution in [0.15, 0.2) is 29.5 Å². The minimum absolute atomic E-state index is 0. The summed E-state index contributed by atoms with van der Waals surface area (Å²) in [5, 5.41) is 13.0. The number of aryl methyl sites for hydroxylation is 1. The number of fused-ring (bicyclic) bond motifs is 1. The fourth-order valence-electron chi connectivity index (χ4n) is 3.10.